The van der Waals surface area contributed by atoms with Gasteiger partial charge in [0.05, 0.1) is 5.92 Å². The first-order valence-corrected chi connectivity index (χ1v) is 7.53. The number of hydrogen-bond donors (Lipinski definition) is 1. The van der Waals surface area contributed by atoms with Crippen molar-refractivity contribution in [2.24, 2.45) is 0 Å². The van der Waals surface area contributed by atoms with E-state index in [4.69, 9.17) is 11.2 Å². The fourth-order valence-corrected chi connectivity index (χ4v) is 2.91. The lowest BCUT2D eigenvalue weighted by Crippen LogP contribution is -2.15. The zero-order valence-corrected chi connectivity index (χ0v) is 12.9. The molecule has 120 valence electrons. The second-order valence-corrected chi connectivity index (χ2v) is 5.39. The molecule has 1 aromatic heterocycles. The molecule has 0 saturated heterocycles. The lowest BCUT2D eigenvalue weighted by atomic mass is 9.90. The smallest absolute Gasteiger partial charge is 0.214 e. The molecule has 0 aliphatic heterocycles. The summed E-state index contributed by atoms with van der Waals surface area (Å²) >= 11 is 0. The molecule has 0 aliphatic carbocycles. The predicted molar refractivity (Wildman–Crippen MR) is 92.8 cm³/mol. The number of H-pyrrole nitrogens is 1. The van der Waals surface area contributed by atoms with Crippen LogP contribution in [-0.4, -0.2) is 23.1 Å². The average molecular weight is 320 g/mol. The Morgan fingerprint density at radius 1 is 1.17 bits per heavy atom. The Labute approximate surface area is 139 Å². The van der Waals surface area contributed by atoms with Crippen LogP contribution in [0, 0.1) is 22.5 Å². The molecule has 0 radical (unpaired) electrons. The molecule has 0 bridgehead atoms. The minimum atomic E-state index is -0.426. The van der Waals surface area contributed by atoms with E-state index in [2.05, 4.69) is 10.9 Å². The van der Waals surface area contributed by atoms with Crippen LogP contribution < -0.4 is 4.74 Å². The molecule has 0 aliphatic rings. The van der Waals surface area contributed by atoms with Gasteiger partial charge in [0.15, 0.2) is 0 Å². The molecule has 0 saturated carbocycles. The van der Waals surface area contributed by atoms with E-state index in [0.717, 1.165) is 22.0 Å². The van der Waals surface area contributed by atoms with E-state index >= 15 is 0 Å². The Bertz CT molecular complexity index is 908. The van der Waals surface area contributed by atoms with E-state index in [1.54, 1.807) is 6.07 Å². The van der Waals surface area contributed by atoms with Crippen molar-refractivity contribution >= 4 is 10.9 Å². The van der Waals surface area contributed by atoms with Gasteiger partial charge in [0.2, 0.25) is 6.54 Å². The predicted octanol–water partition coefficient (Wildman–Crippen LogP) is 3.59. The summed E-state index contributed by atoms with van der Waals surface area (Å²) < 4.78 is 5.59. The standard InChI is InChI=1S/C19H16N2O3/c1-2-11-24-19-10-6-4-8-15(19)17(13-21(22)23)16-12-20-18-9-5-3-7-14(16)18/h1,3-10,12,17,20H,11,13H2/t17-/m1/s1. The monoisotopic (exact) mass is 320 g/mol. The molecule has 0 amide bonds. The summed E-state index contributed by atoms with van der Waals surface area (Å²) in [6.07, 6.45) is 7.09. The summed E-state index contributed by atoms with van der Waals surface area (Å²) in [6.45, 7) is -0.103. The van der Waals surface area contributed by atoms with Gasteiger partial charge in [0.1, 0.15) is 12.4 Å². The lowest BCUT2D eigenvalue weighted by Gasteiger charge is -2.17. The van der Waals surface area contributed by atoms with Crippen molar-refractivity contribution < 1.29 is 9.66 Å². The van der Waals surface area contributed by atoms with Crippen molar-refractivity contribution in [1.82, 2.24) is 4.98 Å². The van der Waals surface area contributed by atoms with Crippen LogP contribution in [0.5, 0.6) is 5.75 Å². The van der Waals surface area contributed by atoms with Gasteiger partial charge in [-0.2, -0.15) is 0 Å². The number of fused-ring (bicyclic) bond motifs is 1. The normalized spacial score (nSPS) is 11.8. The van der Waals surface area contributed by atoms with Crippen LogP contribution in [0.15, 0.2) is 54.7 Å². The molecule has 0 fully saturated rings. The van der Waals surface area contributed by atoms with Crippen LogP contribution in [0.4, 0.5) is 0 Å². The average Bonchev–Trinajstić information content (AvgIpc) is 3.02. The minimum Gasteiger partial charge on any atom is -0.481 e. The van der Waals surface area contributed by atoms with Crippen LogP contribution in [-0.2, 0) is 0 Å². The van der Waals surface area contributed by atoms with Crippen LogP contribution >= 0.6 is 0 Å². The summed E-state index contributed by atoms with van der Waals surface area (Å²) in [5.41, 5.74) is 2.58. The zero-order valence-electron chi connectivity index (χ0n) is 12.9. The van der Waals surface area contributed by atoms with Crippen LogP contribution in [0.1, 0.15) is 17.0 Å². The Hall–Kier alpha value is -3.26. The van der Waals surface area contributed by atoms with Crippen molar-refractivity contribution in [1.29, 1.82) is 0 Å². The number of rotatable bonds is 6. The number of para-hydroxylation sites is 2. The molecule has 5 heteroatoms. The van der Waals surface area contributed by atoms with Crippen LogP contribution in [0.2, 0.25) is 0 Å². The lowest BCUT2D eigenvalue weighted by molar-refractivity contribution is -0.481. The first-order valence-electron chi connectivity index (χ1n) is 7.53. The third-order valence-corrected chi connectivity index (χ3v) is 3.93. The Balaban J connectivity index is 2.11. The molecular weight excluding hydrogens is 304 g/mol. The second kappa shape index (κ2) is 6.88. The SMILES string of the molecule is C#CCOc1ccccc1[C@@H](C[N+](=O)[O-])c1c[nH]c2ccccc12. The van der Waals surface area contributed by atoms with Gasteiger partial charge in [-0.25, -0.2) is 0 Å². The summed E-state index contributed by atoms with van der Waals surface area (Å²) in [5.74, 6) is 2.58. The third-order valence-electron chi connectivity index (χ3n) is 3.93. The van der Waals surface area contributed by atoms with Crippen molar-refractivity contribution in [3.8, 4) is 18.1 Å². The van der Waals surface area contributed by atoms with E-state index in [1.807, 2.05) is 48.7 Å². The fraction of sp³-hybridized carbons (Fsp3) is 0.158. The number of hydrogen-bond acceptors (Lipinski definition) is 3. The van der Waals surface area contributed by atoms with Gasteiger partial charge >= 0.3 is 0 Å². The molecule has 1 N–H and O–H groups in total. The number of aromatic amines is 1. The largest absolute Gasteiger partial charge is 0.481 e. The van der Waals surface area contributed by atoms with Crippen molar-refractivity contribution in [3.63, 3.8) is 0 Å². The maximum Gasteiger partial charge on any atom is 0.214 e. The Morgan fingerprint density at radius 2 is 1.92 bits per heavy atom. The minimum absolute atomic E-state index is 0.121. The van der Waals surface area contributed by atoms with E-state index < -0.39 is 5.92 Å². The van der Waals surface area contributed by atoms with Crippen molar-refractivity contribution in [3.05, 3.63) is 76.0 Å². The third kappa shape index (κ3) is 3.08. The van der Waals surface area contributed by atoms with Gasteiger partial charge < -0.3 is 9.72 Å². The maximum absolute atomic E-state index is 11.3. The molecule has 0 unspecified atom stereocenters. The van der Waals surface area contributed by atoms with Gasteiger partial charge in [-0.3, -0.25) is 10.1 Å². The Kier molecular flexibility index (Phi) is 4.48. The molecule has 5 nitrogen and oxygen atoms in total. The van der Waals surface area contributed by atoms with E-state index in [1.165, 1.54) is 0 Å². The highest BCUT2D eigenvalue weighted by Gasteiger charge is 2.26. The van der Waals surface area contributed by atoms with E-state index in [0.29, 0.717) is 5.75 Å². The summed E-state index contributed by atoms with van der Waals surface area (Å²) in [4.78, 5) is 14.1. The highest BCUT2D eigenvalue weighted by atomic mass is 16.6. The van der Waals surface area contributed by atoms with Crippen molar-refractivity contribution in [2.45, 2.75) is 5.92 Å². The molecule has 3 rings (SSSR count). The van der Waals surface area contributed by atoms with E-state index in [9.17, 15) is 10.1 Å². The number of nitrogens with zero attached hydrogens (tertiary/aromatic N) is 1. The zero-order chi connectivity index (χ0) is 16.9. The molecule has 2 aromatic carbocycles. The number of nitro groups is 1. The van der Waals surface area contributed by atoms with Gasteiger partial charge in [0.25, 0.3) is 0 Å². The van der Waals surface area contributed by atoms with Crippen LogP contribution in [0.25, 0.3) is 10.9 Å². The molecule has 1 heterocycles. The van der Waals surface area contributed by atoms with Gasteiger partial charge in [-0.15, -0.1) is 6.42 Å². The maximum atomic E-state index is 11.3. The number of benzene rings is 2. The van der Waals surface area contributed by atoms with Gasteiger partial charge in [-0.05, 0) is 17.7 Å². The Morgan fingerprint density at radius 3 is 2.71 bits per heavy atom. The van der Waals surface area contributed by atoms with E-state index in [-0.39, 0.29) is 18.1 Å². The topological polar surface area (TPSA) is 68.2 Å². The molecule has 1 atom stereocenters. The van der Waals surface area contributed by atoms with Crippen LogP contribution in [0.3, 0.4) is 0 Å². The molecular formula is C19H16N2O3. The van der Waals surface area contributed by atoms with Crippen molar-refractivity contribution in [2.75, 3.05) is 13.2 Å². The highest BCUT2D eigenvalue weighted by Crippen LogP contribution is 2.35. The number of nitrogens with one attached hydrogen (secondary N) is 1. The number of aromatic nitrogens is 1. The first kappa shape index (κ1) is 15.6. The van der Waals surface area contributed by atoms with Gasteiger partial charge in [-0.1, -0.05) is 42.3 Å². The second-order valence-electron chi connectivity index (χ2n) is 5.39. The summed E-state index contributed by atoms with van der Waals surface area (Å²) in [6, 6.07) is 15.1. The number of terminal acetylenes is 1. The quantitative estimate of drug-likeness (QED) is 0.429. The summed E-state index contributed by atoms with van der Waals surface area (Å²) in [7, 11) is 0. The molecule has 0 spiro atoms. The first-order chi connectivity index (χ1) is 11.7. The van der Waals surface area contributed by atoms with Gasteiger partial charge in [0, 0.05) is 27.6 Å². The summed E-state index contributed by atoms with van der Waals surface area (Å²) in [5, 5.41) is 12.2. The molecule has 24 heavy (non-hydrogen) atoms. The molecule has 3 aromatic rings. The number of ether oxygens (including phenoxy) is 1. The highest BCUT2D eigenvalue weighted by molar-refractivity contribution is 5.84. The fourth-order valence-electron chi connectivity index (χ4n) is 2.91.